The summed E-state index contributed by atoms with van der Waals surface area (Å²) >= 11 is 0. The van der Waals surface area contributed by atoms with Crippen molar-refractivity contribution in [1.29, 1.82) is 0 Å². The molecule has 0 spiro atoms. The topological polar surface area (TPSA) is 41.9 Å². The molecule has 0 radical (unpaired) electrons. The highest BCUT2D eigenvalue weighted by molar-refractivity contribution is 5.40. The lowest BCUT2D eigenvalue weighted by molar-refractivity contribution is 0.546. The van der Waals surface area contributed by atoms with Crippen LogP contribution in [-0.2, 0) is 6.54 Å². The molecular formula is C14H18N4. The molecule has 0 saturated carbocycles. The Morgan fingerprint density at radius 1 is 1.33 bits per heavy atom. The molecule has 0 aliphatic carbocycles. The van der Waals surface area contributed by atoms with Crippen molar-refractivity contribution >= 4 is 0 Å². The highest BCUT2D eigenvalue weighted by Gasteiger charge is 2.14. The molecule has 1 aromatic carbocycles. The maximum Gasteiger partial charge on any atom is 0.0690 e. The van der Waals surface area contributed by atoms with Crippen molar-refractivity contribution in [3.63, 3.8) is 0 Å². The van der Waals surface area contributed by atoms with Gasteiger partial charge in [-0.3, -0.25) is 0 Å². The molecule has 18 heavy (non-hydrogen) atoms. The number of nitrogens with one attached hydrogen (secondary N) is 2. The second-order valence-corrected chi connectivity index (χ2v) is 4.65. The zero-order valence-corrected chi connectivity index (χ0v) is 10.3. The maximum atomic E-state index is 4.30. The van der Waals surface area contributed by atoms with E-state index in [0.29, 0.717) is 6.04 Å². The predicted octanol–water partition coefficient (Wildman–Crippen LogP) is 1.32. The summed E-state index contributed by atoms with van der Waals surface area (Å²) in [5.74, 6) is 0. The molecule has 1 atom stereocenters. The lowest BCUT2D eigenvalue weighted by atomic mass is 10.1. The lowest BCUT2D eigenvalue weighted by Gasteiger charge is -2.14. The third kappa shape index (κ3) is 2.44. The Bertz CT molecular complexity index is 486. The zero-order chi connectivity index (χ0) is 12.2. The first-order chi connectivity index (χ1) is 8.93. The SMILES string of the molecule is c1ccc(-n2cccn2)c(CNC2CCNC2)c1. The smallest absolute Gasteiger partial charge is 0.0690 e. The Morgan fingerprint density at radius 2 is 2.28 bits per heavy atom. The van der Waals surface area contributed by atoms with Gasteiger partial charge < -0.3 is 10.6 Å². The fourth-order valence-electron chi connectivity index (χ4n) is 2.38. The fraction of sp³-hybridized carbons (Fsp3) is 0.357. The van der Waals surface area contributed by atoms with E-state index in [1.54, 1.807) is 0 Å². The standard InChI is InChI=1S/C14H18N4/c1-2-5-14(18-9-3-7-17-18)12(4-1)10-16-13-6-8-15-11-13/h1-5,7,9,13,15-16H,6,8,10-11H2. The number of hydrogen-bond acceptors (Lipinski definition) is 3. The quantitative estimate of drug-likeness (QED) is 0.850. The monoisotopic (exact) mass is 242 g/mol. The van der Waals surface area contributed by atoms with Gasteiger partial charge in [-0.1, -0.05) is 18.2 Å². The van der Waals surface area contributed by atoms with Crippen molar-refractivity contribution in [2.75, 3.05) is 13.1 Å². The van der Waals surface area contributed by atoms with Crippen LogP contribution in [0.4, 0.5) is 0 Å². The largest absolute Gasteiger partial charge is 0.315 e. The van der Waals surface area contributed by atoms with Crippen molar-refractivity contribution < 1.29 is 0 Å². The number of rotatable bonds is 4. The van der Waals surface area contributed by atoms with Gasteiger partial charge in [0.2, 0.25) is 0 Å². The van der Waals surface area contributed by atoms with Gasteiger partial charge in [0.1, 0.15) is 0 Å². The van der Waals surface area contributed by atoms with E-state index < -0.39 is 0 Å². The molecule has 1 aromatic heterocycles. The van der Waals surface area contributed by atoms with Crippen LogP contribution in [0.5, 0.6) is 0 Å². The Kier molecular flexibility index (Phi) is 3.39. The number of hydrogen-bond donors (Lipinski definition) is 2. The third-order valence-electron chi connectivity index (χ3n) is 3.38. The highest BCUT2D eigenvalue weighted by atomic mass is 15.3. The number of benzene rings is 1. The van der Waals surface area contributed by atoms with Crippen LogP contribution in [0.3, 0.4) is 0 Å². The van der Waals surface area contributed by atoms with Crippen molar-refractivity contribution in [3.8, 4) is 5.69 Å². The van der Waals surface area contributed by atoms with Gasteiger partial charge >= 0.3 is 0 Å². The molecule has 3 rings (SSSR count). The highest BCUT2D eigenvalue weighted by Crippen LogP contribution is 2.13. The molecule has 2 heterocycles. The van der Waals surface area contributed by atoms with Crippen molar-refractivity contribution in [3.05, 3.63) is 48.3 Å². The van der Waals surface area contributed by atoms with E-state index in [2.05, 4.69) is 40.0 Å². The van der Waals surface area contributed by atoms with Crippen molar-refractivity contribution in [2.45, 2.75) is 19.0 Å². The van der Waals surface area contributed by atoms with Crippen LogP contribution in [0.25, 0.3) is 5.69 Å². The minimum absolute atomic E-state index is 0.593. The average molecular weight is 242 g/mol. The molecule has 2 aromatic rings. The summed E-state index contributed by atoms with van der Waals surface area (Å²) in [4.78, 5) is 0. The lowest BCUT2D eigenvalue weighted by Crippen LogP contribution is -2.30. The second-order valence-electron chi connectivity index (χ2n) is 4.65. The molecule has 4 heteroatoms. The number of aromatic nitrogens is 2. The van der Waals surface area contributed by atoms with E-state index in [-0.39, 0.29) is 0 Å². The molecule has 2 N–H and O–H groups in total. The molecule has 1 aliphatic rings. The fourth-order valence-corrected chi connectivity index (χ4v) is 2.38. The molecule has 1 unspecified atom stereocenters. The third-order valence-corrected chi connectivity index (χ3v) is 3.38. The van der Waals surface area contributed by atoms with Gasteiger partial charge in [-0.25, -0.2) is 4.68 Å². The van der Waals surface area contributed by atoms with Crippen molar-refractivity contribution in [2.24, 2.45) is 0 Å². The summed E-state index contributed by atoms with van der Waals surface area (Å²) < 4.78 is 1.92. The van der Waals surface area contributed by atoms with Crippen LogP contribution in [0, 0.1) is 0 Å². The van der Waals surface area contributed by atoms with Crippen LogP contribution in [0.1, 0.15) is 12.0 Å². The Morgan fingerprint density at radius 3 is 3.06 bits per heavy atom. The molecule has 0 amide bonds. The van der Waals surface area contributed by atoms with Gasteiger partial charge in [-0.15, -0.1) is 0 Å². The predicted molar refractivity (Wildman–Crippen MR) is 71.7 cm³/mol. The summed E-state index contributed by atoms with van der Waals surface area (Å²) in [6.07, 6.45) is 5.00. The second kappa shape index (κ2) is 5.33. The first-order valence-corrected chi connectivity index (χ1v) is 6.45. The molecule has 1 fully saturated rings. The van der Waals surface area contributed by atoms with Gasteiger partial charge in [-0.2, -0.15) is 5.10 Å². The van der Waals surface area contributed by atoms with Gasteiger partial charge in [0.05, 0.1) is 5.69 Å². The van der Waals surface area contributed by atoms with Gasteiger partial charge in [0.15, 0.2) is 0 Å². The van der Waals surface area contributed by atoms with E-state index in [0.717, 1.165) is 25.3 Å². The van der Waals surface area contributed by atoms with Crippen LogP contribution in [-0.4, -0.2) is 28.9 Å². The molecule has 1 aliphatic heterocycles. The molecular weight excluding hydrogens is 224 g/mol. The normalized spacial score (nSPS) is 19.2. The first-order valence-electron chi connectivity index (χ1n) is 6.45. The van der Waals surface area contributed by atoms with Gasteiger partial charge in [0.25, 0.3) is 0 Å². The summed E-state index contributed by atoms with van der Waals surface area (Å²) in [6.45, 7) is 3.09. The molecule has 1 saturated heterocycles. The van der Waals surface area contributed by atoms with Crippen LogP contribution >= 0.6 is 0 Å². The van der Waals surface area contributed by atoms with Crippen LogP contribution in [0.2, 0.25) is 0 Å². The number of para-hydroxylation sites is 1. The Hall–Kier alpha value is -1.65. The van der Waals surface area contributed by atoms with E-state index in [4.69, 9.17) is 0 Å². The molecule has 0 bridgehead atoms. The number of nitrogens with zero attached hydrogens (tertiary/aromatic N) is 2. The van der Waals surface area contributed by atoms with Gasteiger partial charge in [0, 0.05) is 31.5 Å². The molecule has 94 valence electrons. The van der Waals surface area contributed by atoms with E-state index in [1.165, 1.54) is 12.0 Å². The van der Waals surface area contributed by atoms with E-state index >= 15 is 0 Å². The maximum absolute atomic E-state index is 4.30. The zero-order valence-electron chi connectivity index (χ0n) is 10.3. The minimum Gasteiger partial charge on any atom is -0.315 e. The minimum atomic E-state index is 0.593. The summed E-state index contributed by atoms with van der Waals surface area (Å²) in [5.41, 5.74) is 2.44. The van der Waals surface area contributed by atoms with Crippen molar-refractivity contribution in [1.82, 2.24) is 20.4 Å². The summed E-state index contributed by atoms with van der Waals surface area (Å²) in [5, 5.41) is 11.3. The summed E-state index contributed by atoms with van der Waals surface area (Å²) in [6, 6.07) is 10.9. The van der Waals surface area contributed by atoms with Crippen LogP contribution in [0.15, 0.2) is 42.7 Å². The van der Waals surface area contributed by atoms with E-state index in [9.17, 15) is 0 Å². The van der Waals surface area contributed by atoms with Gasteiger partial charge in [-0.05, 0) is 30.7 Å². The van der Waals surface area contributed by atoms with E-state index in [1.807, 2.05) is 23.1 Å². The average Bonchev–Trinajstić information content (AvgIpc) is 3.10. The molecule has 4 nitrogen and oxygen atoms in total. The summed E-state index contributed by atoms with van der Waals surface area (Å²) in [7, 11) is 0. The first kappa shape index (κ1) is 11.4. The Balaban J connectivity index is 1.75. The van der Waals surface area contributed by atoms with Crippen LogP contribution < -0.4 is 10.6 Å². The Labute approximate surface area is 107 Å².